The number of nitrogens with one attached hydrogen (secondary N) is 2. The van der Waals surface area contributed by atoms with Crippen LogP contribution in [0.15, 0.2) is 53.8 Å². The molecule has 3 rings (SSSR count). The Kier molecular flexibility index (Phi) is 4.65. The first-order valence-electron chi connectivity index (χ1n) is 7.80. The monoisotopic (exact) mass is 322 g/mol. The number of hydrogen-bond donors (Lipinski definition) is 2. The highest BCUT2D eigenvalue weighted by atomic mass is 16.2. The maximum absolute atomic E-state index is 11.9. The molecule has 6 heteroatoms. The number of carbonyl (C=O) groups is 2. The molecule has 1 aromatic carbocycles. The van der Waals surface area contributed by atoms with Gasteiger partial charge in [-0.1, -0.05) is 18.2 Å². The van der Waals surface area contributed by atoms with E-state index in [1.165, 1.54) is 0 Å². The summed E-state index contributed by atoms with van der Waals surface area (Å²) in [5.74, 6) is -0.153. The molecule has 2 amide bonds. The molecular formula is C18H18N4O2. The molecule has 0 unspecified atom stereocenters. The number of benzene rings is 1. The van der Waals surface area contributed by atoms with Gasteiger partial charge in [-0.15, -0.1) is 0 Å². The third-order valence-corrected chi connectivity index (χ3v) is 3.72. The van der Waals surface area contributed by atoms with E-state index in [4.69, 9.17) is 0 Å². The Morgan fingerprint density at radius 1 is 1.17 bits per heavy atom. The van der Waals surface area contributed by atoms with Crippen LogP contribution >= 0.6 is 0 Å². The molecule has 1 aliphatic carbocycles. The van der Waals surface area contributed by atoms with Crippen LogP contribution in [-0.2, 0) is 4.79 Å². The fourth-order valence-electron chi connectivity index (χ4n) is 2.17. The minimum absolute atomic E-state index is 0.0604. The molecule has 0 bridgehead atoms. The number of aromatic nitrogens is 1. The van der Waals surface area contributed by atoms with Gasteiger partial charge in [-0.05, 0) is 49.6 Å². The van der Waals surface area contributed by atoms with Gasteiger partial charge in [0.15, 0.2) is 0 Å². The second-order valence-corrected chi connectivity index (χ2v) is 5.70. The predicted molar refractivity (Wildman–Crippen MR) is 91.7 cm³/mol. The van der Waals surface area contributed by atoms with E-state index in [2.05, 4.69) is 20.8 Å². The standard InChI is InChI=1S/C18H18N4O2/c1-12(21-22-18(24)16-7-2-3-10-19-16)14-5-4-6-15(11-14)20-17(23)13-8-9-13/h2-7,10-11,13H,8-9H2,1H3,(H,20,23)(H,22,24)/b21-12+. The highest BCUT2D eigenvalue weighted by molar-refractivity contribution is 6.02. The SMILES string of the molecule is C/C(=N\NC(=O)c1ccccn1)c1cccc(NC(=O)C2CC2)c1. The van der Waals surface area contributed by atoms with Crippen molar-refractivity contribution in [2.45, 2.75) is 19.8 Å². The molecule has 0 radical (unpaired) electrons. The van der Waals surface area contributed by atoms with Crippen molar-refractivity contribution in [3.05, 3.63) is 59.9 Å². The highest BCUT2D eigenvalue weighted by Crippen LogP contribution is 2.30. The Morgan fingerprint density at radius 3 is 2.71 bits per heavy atom. The summed E-state index contributed by atoms with van der Waals surface area (Å²) in [6, 6.07) is 12.5. The molecule has 0 saturated heterocycles. The van der Waals surface area contributed by atoms with Crippen molar-refractivity contribution >= 4 is 23.2 Å². The maximum Gasteiger partial charge on any atom is 0.289 e. The number of amides is 2. The Hall–Kier alpha value is -3.02. The summed E-state index contributed by atoms with van der Waals surface area (Å²) < 4.78 is 0. The Morgan fingerprint density at radius 2 is 2.00 bits per heavy atom. The molecule has 1 aromatic heterocycles. The van der Waals surface area contributed by atoms with Crippen LogP contribution in [-0.4, -0.2) is 22.5 Å². The van der Waals surface area contributed by atoms with Crippen molar-refractivity contribution in [2.24, 2.45) is 11.0 Å². The van der Waals surface area contributed by atoms with E-state index in [0.29, 0.717) is 11.4 Å². The number of nitrogens with zero attached hydrogens (tertiary/aromatic N) is 2. The van der Waals surface area contributed by atoms with Gasteiger partial charge in [0.25, 0.3) is 5.91 Å². The average molecular weight is 322 g/mol. The zero-order chi connectivity index (χ0) is 16.9. The number of hydrogen-bond acceptors (Lipinski definition) is 4. The quantitative estimate of drug-likeness (QED) is 0.655. The van der Waals surface area contributed by atoms with Gasteiger partial charge in [0, 0.05) is 17.8 Å². The Labute approximate surface area is 140 Å². The minimum atomic E-state index is -0.367. The second-order valence-electron chi connectivity index (χ2n) is 5.70. The van der Waals surface area contributed by atoms with E-state index in [0.717, 1.165) is 24.1 Å². The summed E-state index contributed by atoms with van der Waals surface area (Å²) in [4.78, 5) is 27.7. The first-order chi connectivity index (χ1) is 11.6. The normalized spacial score (nSPS) is 14.1. The van der Waals surface area contributed by atoms with Crippen molar-refractivity contribution in [3.8, 4) is 0 Å². The summed E-state index contributed by atoms with van der Waals surface area (Å²) in [6.07, 6.45) is 3.48. The van der Waals surface area contributed by atoms with Gasteiger partial charge in [-0.3, -0.25) is 14.6 Å². The van der Waals surface area contributed by atoms with Gasteiger partial charge in [0.2, 0.25) is 5.91 Å². The van der Waals surface area contributed by atoms with Crippen molar-refractivity contribution in [1.82, 2.24) is 10.4 Å². The third kappa shape index (κ3) is 4.04. The predicted octanol–water partition coefficient (Wildman–Crippen LogP) is 2.58. The van der Waals surface area contributed by atoms with Crippen LogP contribution < -0.4 is 10.7 Å². The van der Waals surface area contributed by atoms with E-state index in [-0.39, 0.29) is 17.7 Å². The van der Waals surface area contributed by atoms with E-state index >= 15 is 0 Å². The lowest BCUT2D eigenvalue weighted by atomic mass is 10.1. The van der Waals surface area contributed by atoms with E-state index < -0.39 is 0 Å². The number of carbonyl (C=O) groups excluding carboxylic acids is 2. The van der Waals surface area contributed by atoms with Gasteiger partial charge in [0.05, 0.1) is 5.71 Å². The van der Waals surface area contributed by atoms with Crippen LogP contribution in [0.25, 0.3) is 0 Å². The highest BCUT2D eigenvalue weighted by Gasteiger charge is 2.29. The lowest BCUT2D eigenvalue weighted by Crippen LogP contribution is -2.20. The molecule has 122 valence electrons. The Bertz CT molecular complexity index is 783. The zero-order valence-electron chi connectivity index (χ0n) is 13.3. The van der Waals surface area contributed by atoms with E-state index in [1.807, 2.05) is 24.3 Å². The average Bonchev–Trinajstić information content (AvgIpc) is 3.45. The van der Waals surface area contributed by atoms with Crippen LogP contribution in [0.2, 0.25) is 0 Å². The first-order valence-corrected chi connectivity index (χ1v) is 7.80. The van der Waals surface area contributed by atoms with Gasteiger partial charge < -0.3 is 5.32 Å². The van der Waals surface area contributed by atoms with Crippen LogP contribution in [0.1, 0.15) is 35.8 Å². The smallest absolute Gasteiger partial charge is 0.289 e. The molecule has 0 atom stereocenters. The van der Waals surface area contributed by atoms with Crippen LogP contribution in [0, 0.1) is 5.92 Å². The number of hydrazone groups is 1. The molecule has 2 aromatic rings. The maximum atomic E-state index is 11.9. The minimum Gasteiger partial charge on any atom is -0.326 e. The topological polar surface area (TPSA) is 83.4 Å². The van der Waals surface area contributed by atoms with Gasteiger partial charge >= 0.3 is 0 Å². The van der Waals surface area contributed by atoms with Crippen LogP contribution in [0.3, 0.4) is 0 Å². The summed E-state index contributed by atoms with van der Waals surface area (Å²) in [6.45, 7) is 1.79. The van der Waals surface area contributed by atoms with Crippen LogP contribution in [0.4, 0.5) is 5.69 Å². The summed E-state index contributed by atoms with van der Waals surface area (Å²) in [5.41, 5.74) is 4.99. The number of rotatable bonds is 5. The summed E-state index contributed by atoms with van der Waals surface area (Å²) in [7, 11) is 0. The summed E-state index contributed by atoms with van der Waals surface area (Å²) >= 11 is 0. The van der Waals surface area contributed by atoms with Gasteiger partial charge in [0.1, 0.15) is 5.69 Å². The molecule has 24 heavy (non-hydrogen) atoms. The van der Waals surface area contributed by atoms with Gasteiger partial charge in [-0.2, -0.15) is 5.10 Å². The molecular weight excluding hydrogens is 304 g/mol. The fraction of sp³-hybridized carbons (Fsp3) is 0.222. The fourth-order valence-corrected chi connectivity index (χ4v) is 2.17. The van der Waals surface area contributed by atoms with Gasteiger partial charge in [-0.25, -0.2) is 5.43 Å². The lowest BCUT2D eigenvalue weighted by Gasteiger charge is -2.07. The largest absolute Gasteiger partial charge is 0.326 e. The van der Waals surface area contributed by atoms with Crippen LogP contribution in [0.5, 0.6) is 0 Å². The van der Waals surface area contributed by atoms with Crippen molar-refractivity contribution in [2.75, 3.05) is 5.32 Å². The van der Waals surface area contributed by atoms with E-state index in [9.17, 15) is 9.59 Å². The van der Waals surface area contributed by atoms with Crippen molar-refractivity contribution in [3.63, 3.8) is 0 Å². The molecule has 0 spiro atoms. The number of pyridine rings is 1. The molecule has 1 saturated carbocycles. The van der Waals surface area contributed by atoms with E-state index in [1.54, 1.807) is 31.3 Å². The van der Waals surface area contributed by atoms with Crippen molar-refractivity contribution < 1.29 is 9.59 Å². The zero-order valence-corrected chi connectivity index (χ0v) is 13.3. The Balaban J connectivity index is 1.66. The second kappa shape index (κ2) is 7.04. The molecule has 0 aliphatic heterocycles. The molecule has 1 fully saturated rings. The third-order valence-electron chi connectivity index (χ3n) is 3.72. The molecule has 6 nitrogen and oxygen atoms in total. The lowest BCUT2D eigenvalue weighted by molar-refractivity contribution is -0.117. The molecule has 1 heterocycles. The molecule has 2 N–H and O–H groups in total. The molecule has 1 aliphatic rings. The van der Waals surface area contributed by atoms with Crippen molar-refractivity contribution in [1.29, 1.82) is 0 Å². The first kappa shape index (κ1) is 15.9. The number of anilines is 1. The summed E-state index contributed by atoms with van der Waals surface area (Å²) in [5, 5.41) is 7.00.